The quantitative estimate of drug-likeness (QED) is 0.528. The Bertz CT molecular complexity index is 223. The minimum absolute atomic E-state index is 0.347. The number of nitrogens with zero attached hydrogens (tertiary/aromatic N) is 1. The molecule has 3 nitrogen and oxygen atoms in total. The Morgan fingerprint density at radius 3 is 2.92 bits per heavy atom. The molecule has 0 aliphatic carbocycles. The van der Waals surface area contributed by atoms with Gasteiger partial charge >= 0.3 is 0 Å². The Balaban J connectivity index is 2.46. The van der Waals surface area contributed by atoms with Gasteiger partial charge in [0.2, 0.25) is 0 Å². The number of hydrazine groups is 1. The van der Waals surface area contributed by atoms with Crippen LogP contribution in [0.15, 0.2) is 24.4 Å². The number of rotatable bonds is 5. The lowest BCUT2D eigenvalue weighted by Gasteiger charge is -2.13. The maximum atomic E-state index is 5.43. The van der Waals surface area contributed by atoms with Crippen LogP contribution in [0.4, 0.5) is 0 Å². The van der Waals surface area contributed by atoms with Crippen LogP contribution in [0.25, 0.3) is 0 Å². The predicted octanol–water partition coefficient (Wildman–Crippen LogP) is 1.26. The number of nitrogens with one attached hydrogen (secondary N) is 1. The van der Waals surface area contributed by atoms with Crippen molar-refractivity contribution in [1.82, 2.24) is 10.4 Å². The highest BCUT2D eigenvalue weighted by Gasteiger charge is 2.06. The number of pyridine rings is 1. The van der Waals surface area contributed by atoms with E-state index in [0.29, 0.717) is 6.04 Å². The largest absolute Gasteiger partial charge is 0.271 e. The molecule has 72 valence electrons. The molecule has 0 spiro atoms. The van der Waals surface area contributed by atoms with Crippen LogP contribution in [-0.4, -0.2) is 11.0 Å². The first-order valence-corrected chi connectivity index (χ1v) is 4.72. The molecule has 0 radical (unpaired) electrons. The average molecular weight is 179 g/mol. The fourth-order valence-electron chi connectivity index (χ4n) is 1.36. The lowest BCUT2D eigenvalue weighted by Crippen LogP contribution is -2.36. The molecule has 1 unspecified atom stereocenters. The molecule has 3 N–H and O–H groups in total. The molecular formula is C10H17N3. The number of hydrogen-bond donors (Lipinski definition) is 2. The van der Waals surface area contributed by atoms with Crippen LogP contribution in [0, 0.1) is 0 Å². The highest BCUT2D eigenvalue weighted by Crippen LogP contribution is 2.03. The highest BCUT2D eigenvalue weighted by atomic mass is 15.2. The monoisotopic (exact) mass is 179 g/mol. The van der Waals surface area contributed by atoms with Gasteiger partial charge in [-0.15, -0.1) is 0 Å². The van der Waals surface area contributed by atoms with Crippen molar-refractivity contribution in [2.24, 2.45) is 5.84 Å². The van der Waals surface area contributed by atoms with Crippen LogP contribution in [-0.2, 0) is 6.42 Å². The Kier molecular flexibility index (Phi) is 4.43. The summed E-state index contributed by atoms with van der Waals surface area (Å²) in [7, 11) is 0. The van der Waals surface area contributed by atoms with Crippen LogP contribution in [0.5, 0.6) is 0 Å². The van der Waals surface area contributed by atoms with Gasteiger partial charge in [0.25, 0.3) is 0 Å². The lowest BCUT2D eigenvalue weighted by molar-refractivity contribution is 0.482. The SMILES string of the molecule is CCCC(Cc1ccccn1)NN. The number of aromatic nitrogens is 1. The van der Waals surface area contributed by atoms with E-state index in [0.717, 1.165) is 25.0 Å². The van der Waals surface area contributed by atoms with Crippen molar-refractivity contribution in [1.29, 1.82) is 0 Å². The first kappa shape index (κ1) is 10.2. The fourth-order valence-corrected chi connectivity index (χ4v) is 1.36. The molecule has 1 aromatic heterocycles. The van der Waals surface area contributed by atoms with Crippen molar-refractivity contribution >= 4 is 0 Å². The summed E-state index contributed by atoms with van der Waals surface area (Å²) in [5, 5.41) is 0. The molecule has 0 aromatic carbocycles. The van der Waals surface area contributed by atoms with E-state index in [9.17, 15) is 0 Å². The number of hydrogen-bond acceptors (Lipinski definition) is 3. The molecule has 13 heavy (non-hydrogen) atoms. The van der Waals surface area contributed by atoms with Gasteiger partial charge in [-0.1, -0.05) is 19.4 Å². The Morgan fingerprint density at radius 1 is 1.54 bits per heavy atom. The summed E-state index contributed by atoms with van der Waals surface area (Å²) in [4.78, 5) is 4.25. The molecule has 1 atom stereocenters. The van der Waals surface area contributed by atoms with Crippen LogP contribution in [0.1, 0.15) is 25.5 Å². The number of nitrogens with two attached hydrogens (primary N) is 1. The second-order valence-corrected chi connectivity index (χ2v) is 3.18. The predicted molar refractivity (Wildman–Crippen MR) is 54.0 cm³/mol. The molecule has 0 bridgehead atoms. The lowest BCUT2D eigenvalue weighted by atomic mass is 10.1. The molecule has 0 amide bonds. The molecule has 0 saturated heterocycles. The molecule has 1 rings (SSSR count). The summed E-state index contributed by atoms with van der Waals surface area (Å²) >= 11 is 0. The smallest absolute Gasteiger partial charge is 0.0419 e. The summed E-state index contributed by atoms with van der Waals surface area (Å²) in [6, 6.07) is 6.30. The van der Waals surface area contributed by atoms with E-state index in [1.54, 1.807) is 0 Å². The van der Waals surface area contributed by atoms with Crippen molar-refractivity contribution < 1.29 is 0 Å². The van der Waals surface area contributed by atoms with Gasteiger partial charge in [-0.3, -0.25) is 16.3 Å². The fraction of sp³-hybridized carbons (Fsp3) is 0.500. The van der Waals surface area contributed by atoms with Gasteiger partial charge in [0, 0.05) is 24.4 Å². The van der Waals surface area contributed by atoms with Crippen LogP contribution in [0.3, 0.4) is 0 Å². The van der Waals surface area contributed by atoms with Crippen LogP contribution < -0.4 is 11.3 Å². The molecule has 3 heteroatoms. The van der Waals surface area contributed by atoms with E-state index in [-0.39, 0.29) is 0 Å². The normalized spacial score (nSPS) is 12.8. The third kappa shape index (κ3) is 3.53. The second-order valence-electron chi connectivity index (χ2n) is 3.18. The Labute approximate surface area is 79.3 Å². The van der Waals surface area contributed by atoms with Crippen molar-refractivity contribution in [3.63, 3.8) is 0 Å². The minimum atomic E-state index is 0.347. The zero-order chi connectivity index (χ0) is 9.52. The van der Waals surface area contributed by atoms with E-state index in [1.807, 2.05) is 24.4 Å². The van der Waals surface area contributed by atoms with E-state index < -0.39 is 0 Å². The maximum Gasteiger partial charge on any atom is 0.0419 e. The molecule has 0 aliphatic rings. The molecule has 1 heterocycles. The van der Waals surface area contributed by atoms with E-state index in [2.05, 4.69) is 17.3 Å². The molecule has 0 fully saturated rings. The van der Waals surface area contributed by atoms with Crippen molar-refractivity contribution in [2.45, 2.75) is 32.2 Å². The minimum Gasteiger partial charge on any atom is -0.271 e. The highest BCUT2D eigenvalue weighted by molar-refractivity contribution is 5.05. The van der Waals surface area contributed by atoms with E-state index in [4.69, 9.17) is 5.84 Å². The van der Waals surface area contributed by atoms with Gasteiger partial charge < -0.3 is 0 Å². The van der Waals surface area contributed by atoms with Crippen molar-refractivity contribution in [2.75, 3.05) is 0 Å². The summed E-state index contributed by atoms with van der Waals surface area (Å²) in [6.07, 6.45) is 4.95. The Hall–Kier alpha value is -0.930. The summed E-state index contributed by atoms with van der Waals surface area (Å²) in [5.41, 5.74) is 3.91. The van der Waals surface area contributed by atoms with Gasteiger partial charge in [0.15, 0.2) is 0 Å². The molecular weight excluding hydrogens is 162 g/mol. The van der Waals surface area contributed by atoms with Crippen LogP contribution >= 0.6 is 0 Å². The van der Waals surface area contributed by atoms with Crippen molar-refractivity contribution in [3.8, 4) is 0 Å². The topological polar surface area (TPSA) is 50.9 Å². The third-order valence-corrected chi connectivity index (χ3v) is 2.05. The Morgan fingerprint density at radius 2 is 2.38 bits per heavy atom. The molecule has 1 aromatic rings. The van der Waals surface area contributed by atoms with Crippen LogP contribution in [0.2, 0.25) is 0 Å². The zero-order valence-corrected chi connectivity index (χ0v) is 8.03. The standard InChI is InChI=1S/C10H17N3/c1-2-5-10(13-11)8-9-6-3-4-7-12-9/h3-4,6-7,10,13H,2,5,8,11H2,1H3. The van der Waals surface area contributed by atoms with Gasteiger partial charge in [-0.05, 0) is 18.6 Å². The summed E-state index contributed by atoms with van der Waals surface area (Å²) in [6.45, 7) is 2.16. The maximum absolute atomic E-state index is 5.43. The second kappa shape index (κ2) is 5.67. The van der Waals surface area contributed by atoms with Gasteiger partial charge in [-0.25, -0.2) is 0 Å². The van der Waals surface area contributed by atoms with E-state index >= 15 is 0 Å². The summed E-state index contributed by atoms with van der Waals surface area (Å²) < 4.78 is 0. The van der Waals surface area contributed by atoms with E-state index in [1.165, 1.54) is 0 Å². The van der Waals surface area contributed by atoms with Gasteiger partial charge in [0.1, 0.15) is 0 Å². The molecule has 0 aliphatic heterocycles. The van der Waals surface area contributed by atoms with Gasteiger partial charge in [0.05, 0.1) is 0 Å². The first-order chi connectivity index (χ1) is 6.36. The first-order valence-electron chi connectivity index (χ1n) is 4.72. The average Bonchev–Trinajstić information content (AvgIpc) is 2.19. The van der Waals surface area contributed by atoms with Crippen molar-refractivity contribution in [3.05, 3.63) is 30.1 Å². The van der Waals surface area contributed by atoms with Gasteiger partial charge in [-0.2, -0.15) is 0 Å². The third-order valence-electron chi connectivity index (χ3n) is 2.05. The molecule has 0 saturated carbocycles. The zero-order valence-electron chi connectivity index (χ0n) is 8.03. The summed E-state index contributed by atoms with van der Waals surface area (Å²) in [5.74, 6) is 5.43.